The van der Waals surface area contributed by atoms with Crippen LogP contribution in [0.25, 0.3) is 0 Å². The van der Waals surface area contributed by atoms with Crippen molar-refractivity contribution in [3.8, 4) is 0 Å². The van der Waals surface area contributed by atoms with E-state index in [4.69, 9.17) is 11.6 Å². The number of carbonyl (C=O) groups is 1. The molecule has 0 aromatic heterocycles. The normalized spacial score (nSPS) is 19.6. The monoisotopic (exact) mass is 329 g/mol. The Bertz CT molecular complexity index is 461. The number of hydrogen-bond donors (Lipinski definition) is 0. The standard InChI is InChI=1S/C14H17BrClNO/c1-9(2)13-4-3-7-17(13)14(18)11-6-5-10(16)8-12(11)15/h5-6,8-9,13H,3-4,7H2,1-2H3. The van der Waals surface area contributed by atoms with Crippen LogP contribution in [0.2, 0.25) is 5.02 Å². The molecule has 1 fully saturated rings. The van der Waals surface area contributed by atoms with Gasteiger partial charge in [0.15, 0.2) is 0 Å². The molecule has 1 unspecified atom stereocenters. The van der Waals surface area contributed by atoms with E-state index in [9.17, 15) is 4.79 Å². The molecule has 0 saturated carbocycles. The Balaban J connectivity index is 2.25. The van der Waals surface area contributed by atoms with E-state index >= 15 is 0 Å². The van der Waals surface area contributed by atoms with Gasteiger partial charge in [-0.05, 0) is 52.9 Å². The van der Waals surface area contributed by atoms with Gasteiger partial charge in [0.25, 0.3) is 5.91 Å². The van der Waals surface area contributed by atoms with Crippen molar-refractivity contribution in [2.75, 3.05) is 6.54 Å². The third kappa shape index (κ3) is 2.72. The van der Waals surface area contributed by atoms with Crippen LogP contribution in [0.1, 0.15) is 37.0 Å². The highest BCUT2D eigenvalue weighted by molar-refractivity contribution is 9.10. The Morgan fingerprint density at radius 2 is 2.22 bits per heavy atom. The van der Waals surface area contributed by atoms with Gasteiger partial charge in [-0.2, -0.15) is 0 Å². The maximum absolute atomic E-state index is 12.5. The number of amides is 1. The van der Waals surface area contributed by atoms with E-state index in [1.165, 1.54) is 0 Å². The molecule has 1 atom stereocenters. The minimum atomic E-state index is 0.106. The summed E-state index contributed by atoms with van der Waals surface area (Å²) in [6, 6.07) is 5.69. The number of rotatable bonds is 2. The first kappa shape index (κ1) is 13.9. The predicted molar refractivity (Wildman–Crippen MR) is 78.0 cm³/mol. The summed E-state index contributed by atoms with van der Waals surface area (Å²) in [5.74, 6) is 0.609. The van der Waals surface area contributed by atoms with Gasteiger partial charge in [-0.3, -0.25) is 4.79 Å². The molecule has 2 rings (SSSR count). The first-order valence-electron chi connectivity index (χ1n) is 6.26. The molecule has 0 N–H and O–H groups in total. The lowest BCUT2D eigenvalue weighted by Gasteiger charge is -2.28. The van der Waals surface area contributed by atoms with E-state index in [1.807, 2.05) is 4.90 Å². The van der Waals surface area contributed by atoms with Crippen molar-refractivity contribution in [1.29, 1.82) is 0 Å². The average Bonchev–Trinajstić information content (AvgIpc) is 2.77. The second kappa shape index (κ2) is 5.62. The zero-order chi connectivity index (χ0) is 13.3. The van der Waals surface area contributed by atoms with Crippen molar-refractivity contribution >= 4 is 33.4 Å². The van der Waals surface area contributed by atoms with Crippen LogP contribution in [0.15, 0.2) is 22.7 Å². The summed E-state index contributed by atoms with van der Waals surface area (Å²) in [7, 11) is 0. The lowest BCUT2D eigenvalue weighted by Crippen LogP contribution is -2.38. The number of benzene rings is 1. The van der Waals surface area contributed by atoms with Crippen molar-refractivity contribution in [2.24, 2.45) is 5.92 Å². The fourth-order valence-corrected chi connectivity index (χ4v) is 3.41. The molecule has 0 radical (unpaired) electrons. The molecule has 1 aromatic carbocycles. The molecule has 2 nitrogen and oxygen atoms in total. The summed E-state index contributed by atoms with van der Waals surface area (Å²) in [5, 5.41) is 0.639. The van der Waals surface area contributed by atoms with Crippen molar-refractivity contribution in [3.05, 3.63) is 33.3 Å². The van der Waals surface area contributed by atoms with Crippen molar-refractivity contribution in [3.63, 3.8) is 0 Å². The Labute approximate surface area is 121 Å². The summed E-state index contributed by atoms with van der Waals surface area (Å²) in [6.07, 6.45) is 2.20. The Morgan fingerprint density at radius 1 is 1.50 bits per heavy atom. The first-order chi connectivity index (χ1) is 8.50. The smallest absolute Gasteiger partial charge is 0.255 e. The zero-order valence-electron chi connectivity index (χ0n) is 10.6. The Morgan fingerprint density at radius 3 is 2.83 bits per heavy atom. The van der Waals surface area contributed by atoms with Gasteiger partial charge in [-0.15, -0.1) is 0 Å². The summed E-state index contributed by atoms with van der Waals surface area (Å²) in [4.78, 5) is 14.5. The summed E-state index contributed by atoms with van der Waals surface area (Å²) >= 11 is 9.33. The maximum atomic E-state index is 12.5. The first-order valence-corrected chi connectivity index (χ1v) is 7.44. The molecule has 98 valence electrons. The predicted octanol–water partition coefficient (Wildman–Crippen LogP) is 4.36. The van der Waals surface area contributed by atoms with Crippen LogP contribution in [0.5, 0.6) is 0 Å². The molecular formula is C14H17BrClNO. The van der Waals surface area contributed by atoms with Crippen LogP contribution in [-0.4, -0.2) is 23.4 Å². The highest BCUT2D eigenvalue weighted by Crippen LogP contribution is 2.29. The van der Waals surface area contributed by atoms with Gasteiger partial charge in [0.05, 0.1) is 5.56 Å². The van der Waals surface area contributed by atoms with Gasteiger partial charge in [0, 0.05) is 22.1 Å². The van der Waals surface area contributed by atoms with E-state index in [0.717, 1.165) is 23.9 Å². The molecule has 1 aliphatic heterocycles. The highest BCUT2D eigenvalue weighted by Gasteiger charge is 2.31. The van der Waals surface area contributed by atoms with Gasteiger partial charge < -0.3 is 4.90 Å². The number of halogens is 2. The van der Waals surface area contributed by atoms with Gasteiger partial charge in [-0.25, -0.2) is 0 Å². The number of likely N-dealkylation sites (tertiary alicyclic amines) is 1. The van der Waals surface area contributed by atoms with E-state index in [0.29, 0.717) is 22.5 Å². The van der Waals surface area contributed by atoms with Crippen molar-refractivity contribution < 1.29 is 4.79 Å². The molecule has 1 aliphatic rings. The summed E-state index contributed by atoms with van der Waals surface area (Å²) < 4.78 is 0.773. The minimum Gasteiger partial charge on any atom is -0.335 e. The van der Waals surface area contributed by atoms with Crippen molar-refractivity contribution in [2.45, 2.75) is 32.7 Å². The fourth-order valence-electron chi connectivity index (χ4n) is 2.56. The molecule has 18 heavy (non-hydrogen) atoms. The third-order valence-corrected chi connectivity index (χ3v) is 4.38. The van der Waals surface area contributed by atoms with E-state index < -0.39 is 0 Å². The largest absolute Gasteiger partial charge is 0.335 e. The lowest BCUT2D eigenvalue weighted by molar-refractivity contribution is 0.0700. The summed E-state index contributed by atoms with van der Waals surface area (Å²) in [6.45, 7) is 5.21. The van der Waals surface area contributed by atoms with Gasteiger partial charge in [0.1, 0.15) is 0 Å². The van der Waals surface area contributed by atoms with E-state index in [1.54, 1.807) is 18.2 Å². The van der Waals surface area contributed by atoms with Crippen LogP contribution >= 0.6 is 27.5 Å². The topological polar surface area (TPSA) is 20.3 Å². The molecular weight excluding hydrogens is 314 g/mol. The Kier molecular flexibility index (Phi) is 4.33. The molecule has 0 bridgehead atoms. The number of hydrogen-bond acceptors (Lipinski definition) is 1. The maximum Gasteiger partial charge on any atom is 0.255 e. The van der Waals surface area contributed by atoms with Crippen LogP contribution in [-0.2, 0) is 0 Å². The molecule has 4 heteroatoms. The lowest BCUT2D eigenvalue weighted by atomic mass is 10.0. The highest BCUT2D eigenvalue weighted by atomic mass is 79.9. The van der Waals surface area contributed by atoms with E-state index in [2.05, 4.69) is 29.8 Å². The SMILES string of the molecule is CC(C)C1CCCN1C(=O)c1ccc(Cl)cc1Br. The van der Waals surface area contributed by atoms with Gasteiger partial charge in [0.2, 0.25) is 0 Å². The fraction of sp³-hybridized carbons (Fsp3) is 0.500. The molecule has 0 spiro atoms. The summed E-state index contributed by atoms with van der Waals surface area (Å²) in [5.41, 5.74) is 0.701. The van der Waals surface area contributed by atoms with Crippen LogP contribution in [0.4, 0.5) is 0 Å². The average molecular weight is 331 g/mol. The Hall–Kier alpha value is -0.540. The quantitative estimate of drug-likeness (QED) is 0.789. The van der Waals surface area contributed by atoms with Crippen LogP contribution in [0, 0.1) is 5.92 Å². The zero-order valence-corrected chi connectivity index (χ0v) is 13.0. The molecule has 1 heterocycles. The second-order valence-electron chi connectivity index (χ2n) is 5.08. The van der Waals surface area contributed by atoms with Crippen LogP contribution < -0.4 is 0 Å². The number of carbonyl (C=O) groups excluding carboxylic acids is 1. The van der Waals surface area contributed by atoms with E-state index in [-0.39, 0.29) is 5.91 Å². The van der Waals surface area contributed by atoms with Crippen LogP contribution in [0.3, 0.4) is 0 Å². The van der Waals surface area contributed by atoms with Gasteiger partial charge >= 0.3 is 0 Å². The molecule has 1 amide bonds. The van der Waals surface area contributed by atoms with Crippen molar-refractivity contribution in [1.82, 2.24) is 4.90 Å². The molecule has 0 aliphatic carbocycles. The molecule has 1 aromatic rings. The molecule has 1 saturated heterocycles. The van der Waals surface area contributed by atoms with Gasteiger partial charge in [-0.1, -0.05) is 25.4 Å². The second-order valence-corrected chi connectivity index (χ2v) is 6.37. The third-order valence-electron chi connectivity index (χ3n) is 3.49. The number of nitrogens with zero attached hydrogens (tertiary/aromatic N) is 1. The minimum absolute atomic E-state index is 0.106.